The molecule has 0 aliphatic heterocycles. The van der Waals surface area contributed by atoms with E-state index < -0.39 is 0 Å². The number of rotatable bonds is 5. The molecule has 0 saturated heterocycles. The first kappa shape index (κ1) is 15.2. The summed E-state index contributed by atoms with van der Waals surface area (Å²) in [6.07, 6.45) is 1.06. The molecule has 3 heteroatoms. The highest BCUT2D eigenvalue weighted by Crippen LogP contribution is 2.14. The van der Waals surface area contributed by atoms with E-state index in [1.54, 1.807) is 0 Å². The minimum Gasteiger partial charge on any atom is -0.351 e. The van der Waals surface area contributed by atoms with Gasteiger partial charge in [0.2, 0.25) is 0 Å². The third-order valence-corrected chi connectivity index (χ3v) is 3.76. The minimum absolute atomic E-state index is 0.0180. The number of nitrogens with one attached hydrogen (secondary N) is 1. The lowest BCUT2D eigenvalue weighted by Gasteiger charge is -2.14. The molecule has 1 aromatic rings. The van der Waals surface area contributed by atoms with Crippen molar-refractivity contribution in [1.29, 1.82) is 0 Å². The molecule has 100 valence electrons. The zero-order chi connectivity index (χ0) is 13.7. The smallest absolute Gasteiger partial charge is 0.251 e. The first-order chi connectivity index (χ1) is 8.41. The number of hydrogen-bond acceptors (Lipinski definition) is 1. The molecule has 1 amide bonds. The normalized spacial score (nSPS) is 12.6. The zero-order valence-corrected chi connectivity index (χ0v) is 13.2. The molecular weight excluding hydrogens is 290 g/mol. The second-order valence-electron chi connectivity index (χ2n) is 5.18. The summed E-state index contributed by atoms with van der Waals surface area (Å²) in [4.78, 5) is 12.4. The second-order valence-corrected chi connectivity index (χ2v) is 6.48. The summed E-state index contributed by atoms with van der Waals surface area (Å²) in [5, 5.41) is 2.99. The lowest BCUT2D eigenvalue weighted by atomic mass is 10.0. The molecule has 0 bridgehead atoms. The van der Waals surface area contributed by atoms with Crippen LogP contribution in [-0.4, -0.2) is 17.3 Å². The van der Waals surface area contributed by atoms with Gasteiger partial charge in [0.15, 0.2) is 0 Å². The van der Waals surface area contributed by atoms with Gasteiger partial charge in [0.25, 0.3) is 5.91 Å². The van der Waals surface area contributed by atoms with E-state index >= 15 is 0 Å². The van der Waals surface area contributed by atoms with Gasteiger partial charge in [0, 0.05) is 16.9 Å². The molecule has 0 heterocycles. The molecule has 0 radical (unpaired) electrons. The Morgan fingerprint density at radius 3 is 2.61 bits per heavy atom. The Hall–Kier alpha value is -0.830. The van der Waals surface area contributed by atoms with Crippen LogP contribution in [0, 0.1) is 19.8 Å². The lowest BCUT2D eigenvalue weighted by Crippen LogP contribution is -2.30. The summed E-state index contributed by atoms with van der Waals surface area (Å²) in [6, 6.07) is 5.83. The molecule has 2 nitrogen and oxygen atoms in total. The third-order valence-electron chi connectivity index (χ3n) is 3.06. The van der Waals surface area contributed by atoms with Gasteiger partial charge in [-0.05, 0) is 43.4 Å². The van der Waals surface area contributed by atoms with Gasteiger partial charge in [-0.3, -0.25) is 4.79 Å². The van der Waals surface area contributed by atoms with Crippen molar-refractivity contribution in [3.63, 3.8) is 0 Å². The van der Waals surface area contributed by atoms with Gasteiger partial charge in [0.05, 0.1) is 0 Å². The number of amides is 1. The highest BCUT2D eigenvalue weighted by Gasteiger charge is 2.12. The van der Waals surface area contributed by atoms with Crippen LogP contribution in [0.15, 0.2) is 18.2 Å². The van der Waals surface area contributed by atoms with Crippen LogP contribution in [0.5, 0.6) is 0 Å². The van der Waals surface area contributed by atoms with Crippen LogP contribution in [0.1, 0.15) is 41.8 Å². The Morgan fingerprint density at radius 1 is 1.33 bits per heavy atom. The van der Waals surface area contributed by atoms with E-state index in [4.69, 9.17) is 0 Å². The second kappa shape index (κ2) is 6.93. The fraction of sp³-hybridized carbons (Fsp3) is 0.533. The van der Waals surface area contributed by atoms with E-state index in [0.717, 1.165) is 23.1 Å². The predicted molar refractivity (Wildman–Crippen MR) is 80.4 cm³/mol. The number of halogens is 1. The van der Waals surface area contributed by atoms with Gasteiger partial charge in [0.1, 0.15) is 0 Å². The maximum Gasteiger partial charge on any atom is 0.251 e. The first-order valence-electron chi connectivity index (χ1n) is 6.40. The van der Waals surface area contributed by atoms with Crippen LogP contribution < -0.4 is 5.32 Å². The molecule has 1 N–H and O–H groups in total. The van der Waals surface area contributed by atoms with E-state index in [1.165, 1.54) is 0 Å². The maximum absolute atomic E-state index is 12.1. The van der Waals surface area contributed by atoms with Crippen LogP contribution in [0.3, 0.4) is 0 Å². The van der Waals surface area contributed by atoms with Crippen LogP contribution in [-0.2, 0) is 0 Å². The molecule has 1 rings (SSSR count). The quantitative estimate of drug-likeness (QED) is 0.822. The van der Waals surface area contributed by atoms with E-state index in [2.05, 4.69) is 35.1 Å². The number of hydrogen-bond donors (Lipinski definition) is 1. The average Bonchev–Trinajstić information content (AvgIpc) is 2.29. The van der Waals surface area contributed by atoms with Crippen LogP contribution in [0.25, 0.3) is 0 Å². The molecule has 0 saturated carbocycles. The summed E-state index contributed by atoms with van der Waals surface area (Å²) in [5.41, 5.74) is 2.99. The predicted octanol–water partition coefficient (Wildman–Crippen LogP) is 3.84. The maximum atomic E-state index is 12.1. The fourth-order valence-electron chi connectivity index (χ4n) is 1.89. The van der Waals surface area contributed by atoms with Crippen molar-refractivity contribution in [3.8, 4) is 0 Å². The topological polar surface area (TPSA) is 29.1 Å². The standard InChI is InChI=1S/C15H22BrNO/c1-10(2)8-13(16)9-17-15(18)14-7-5-6-11(3)12(14)4/h5-7,10,13H,8-9H2,1-4H3,(H,17,18). The number of aryl methyl sites for hydroxylation is 1. The van der Waals surface area contributed by atoms with Crippen molar-refractivity contribution in [3.05, 3.63) is 34.9 Å². The SMILES string of the molecule is Cc1cccc(C(=O)NCC(Br)CC(C)C)c1C. The number of alkyl halides is 1. The summed E-state index contributed by atoms with van der Waals surface area (Å²) in [5.74, 6) is 0.649. The first-order valence-corrected chi connectivity index (χ1v) is 7.32. The zero-order valence-electron chi connectivity index (χ0n) is 11.6. The number of carbonyl (C=O) groups is 1. The minimum atomic E-state index is 0.0180. The van der Waals surface area contributed by atoms with Crippen LogP contribution >= 0.6 is 15.9 Å². The lowest BCUT2D eigenvalue weighted by molar-refractivity contribution is 0.0952. The van der Waals surface area contributed by atoms with Crippen molar-refractivity contribution >= 4 is 21.8 Å². The van der Waals surface area contributed by atoms with Gasteiger partial charge in [-0.1, -0.05) is 41.9 Å². The summed E-state index contributed by atoms with van der Waals surface area (Å²) < 4.78 is 0. The third kappa shape index (κ3) is 4.45. The molecular formula is C15H22BrNO. The molecule has 0 spiro atoms. The Morgan fingerprint density at radius 2 is 2.00 bits per heavy atom. The molecule has 1 atom stereocenters. The van der Waals surface area contributed by atoms with E-state index in [0.29, 0.717) is 17.3 Å². The molecule has 1 aromatic carbocycles. The Labute approximate surface area is 118 Å². The monoisotopic (exact) mass is 311 g/mol. The number of benzene rings is 1. The van der Waals surface area contributed by atoms with Gasteiger partial charge in [-0.25, -0.2) is 0 Å². The fourth-order valence-corrected chi connectivity index (χ4v) is 2.80. The van der Waals surface area contributed by atoms with Gasteiger partial charge >= 0.3 is 0 Å². The number of carbonyl (C=O) groups excluding carboxylic acids is 1. The molecule has 0 aliphatic carbocycles. The van der Waals surface area contributed by atoms with E-state index in [-0.39, 0.29) is 5.91 Å². The van der Waals surface area contributed by atoms with Gasteiger partial charge in [-0.15, -0.1) is 0 Å². The Bertz CT molecular complexity index is 415. The van der Waals surface area contributed by atoms with Crippen molar-refractivity contribution in [1.82, 2.24) is 5.32 Å². The highest BCUT2D eigenvalue weighted by molar-refractivity contribution is 9.09. The average molecular weight is 312 g/mol. The van der Waals surface area contributed by atoms with Crippen molar-refractivity contribution in [2.24, 2.45) is 5.92 Å². The Balaban J connectivity index is 2.58. The Kier molecular flexibility index (Phi) is 5.86. The molecule has 0 aromatic heterocycles. The largest absolute Gasteiger partial charge is 0.351 e. The van der Waals surface area contributed by atoms with Crippen molar-refractivity contribution in [2.45, 2.75) is 38.9 Å². The molecule has 0 fully saturated rings. The van der Waals surface area contributed by atoms with Crippen LogP contribution in [0.2, 0.25) is 0 Å². The molecule has 0 aliphatic rings. The molecule has 1 unspecified atom stereocenters. The summed E-state index contributed by atoms with van der Waals surface area (Å²) in [6.45, 7) is 9.05. The van der Waals surface area contributed by atoms with Gasteiger partial charge in [-0.2, -0.15) is 0 Å². The summed E-state index contributed by atoms with van der Waals surface area (Å²) in [7, 11) is 0. The summed E-state index contributed by atoms with van der Waals surface area (Å²) >= 11 is 3.60. The van der Waals surface area contributed by atoms with E-state index in [1.807, 2.05) is 32.0 Å². The van der Waals surface area contributed by atoms with E-state index in [9.17, 15) is 4.79 Å². The van der Waals surface area contributed by atoms with Gasteiger partial charge < -0.3 is 5.32 Å². The van der Waals surface area contributed by atoms with Crippen molar-refractivity contribution in [2.75, 3.05) is 6.54 Å². The van der Waals surface area contributed by atoms with Crippen molar-refractivity contribution < 1.29 is 4.79 Å². The molecule has 18 heavy (non-hydrogen) atoms. The van der Waals surface area contributed by atoms with Crippen LogP contribution in [0.4, 0.5) is 0 Å². The highest BCUT2D eigenvalue weighted by atomic mass is 79.9.